The van der Waals surface area contributed by atoms with E-state index in [1.165, 1.54) is 12.8 Å². The maximum Gasteiger partial charge on any atom is 0.225 e. The first-order chi connectivity index (χ1) is 7.29. The van der Waals surface area contributed by atoms with Gasteiger partial charge in [-0.2, -0.15) is 0 Å². The predicted octanol–water partition coefficient (Wildman–Crippen LogP) is 2.40. The Hall–Kier alpha value is -0.640. The fraction of sp³-hybridized carbons (Fsp3) is 0.636. The second kappa shape index (κ2) is 4.92. The maximum atomic E-state index is 4.45. The van der Waals surface area contributed by atoms with Crippen molar-refractivity contribution in [1.82, 2.24) is 9.97 Å². The van der Waals surface area contributed by atoms with E-state index in [-0.39, 0.29) is 0 Å². The van der Waals surface area contributed by atoms with Crippen molar-refractivity contribution in [3.05, 3.63) is 18.0 Å². The SMILES string of the molecule is Cc1ccnc(N2CCC(CCBr)C2)n1. The van der Waals surface area contributed by atoms with Crippen molar-refractivity contribution in [3.8, 4) is 0 Å². The first-order valence-corrected chi connectivity index (χ1v) is 6.52. The van der Waals surface area contributed by atoms with E-state index in [4.69, 9.17) is 0 Å². The maximum absolute atomic E-state index is 4.45. The molecule has 0 N–H and O–H groups in total. The molecule has 1 fully saturated rings. The first-order valence-electron chi connectivity index (χ1n) is 5.40. The van der Waals surface area contributed by atoms with Gasteiger partial charge in [0.1, 0.15) is 0 Å². The average Bonchev–Trinajstić information content (AvgIpc) is 2.67. The number of anilines is 1. The second-order valence-electron chi connectivity index (χ2n) is 4.08. The molecule has 0 aliphatic carbocycles. The largest absolute Gasteiger partial charge is 0.341 e. The van der Waals surface area contributed by atoms with Gasteiger partial charge in [-0.05, 0) is 31.7 Å². The molecule has 0 aromatic carbocycles. The van der Waals surface area contributed by atoms with E-state index >= 15 is 0 Å². The van der Waals surface area contributed by atoms with Gasteiger partial charge in [-0.25, -0.2) is 9.97 Å². The van der Waals surface area contributed by atoms with Gasteiger partial charge in [0.15, 0.2) is 0 Å². The minimum absolute atomic E-state index is 0.800. The first kappa shape index (κ1) is 10.9. The van der Waals surface area contributed by atoms with Gasteiger partial charge in [-0.1, -0.05) is 15.9 Å². The summed E-state index contributed by atoms with van der Waals surface area (Å²) in [7, 11) is 0. The van der Waals surface area contributed by atoms with Crippen molar-refractivity contribution < 1.29 is 0 Å². The summed E-state index contributed by atoms with van der Waals surface area (Å²) >= 11 is 3.50. The van der Waals surface area contributed by atoms with Crippen molar-refractivity contribution in [2.24, 2.45) is 5.92 Å². The zero-order valence-electron chi connectivity index (χ0n) is 8.99. The van der Waals surface area contributed by atoms with Crippen LogP contribution in [0.1, 0.15) is 18.5 Å². The molecule has 1 saturated heterocycles. The molecular weight excluding hydrogens is 254 g/mol. The van der Waals surface area contributed by atoms with Crippen LogP contribution in [0.2, 0.25) is 0 Å². The van der Waals surface area contributed by atoms with Crippen molar-refractivity contribution in [1.29, 1.82) is 0 Å². The Bertz CT molecular complexity index is 329. The summed E-state index contributed by atoms with van der Waals surface area (Å²) in [6, 6.07) is 1.94. The van der Waals surface area contributed by atoms with Gasteiger partial charge in [0.25, 0.3) is 0 Å². The quantitative estimate of drug-likeness (QED) is 0.790. The highest BCUT2D eigenvalue weighted by molar-refractivity contribution is 9.09. The van der Waals surface area contributed by atoms with Crippen LogP contribution in [-0.2, 0) is 0 Å². The third kappa shape index (κ3) is 2.68. The highest BCUT2D eigenvalue weighted by Gasteiger charge is 2.23. The predicted molar refractivity (Wildman–Crippen MR) is 65.5 cm³/mol. The lowest BCUT2D eigenvalue weighted by Gasteiger charge is -2.16. The molecule has 3 nitrogen and oxygen atoms in total. The standard InChI is InChI=1S/C11H16BrN3/c1-9-3-6-13-11(14-9)15-7-4-10(8-15)2-5-12/h3,6,10H,2,4-5,7-8H2,1H3. The average molecular weight is 270 g/mol. The minimum atomic E-state index is 0.800. The number of alkyl halides is 1. The lowest BCUT2D eigenvalue weighted by molar-refractivity contribution is 0.575. The highest BCUT2D eigenvalue weighted by atomic mass is 79.9. The summed E-state index contributed by atoms with van der Waals surface area (Å²) < 4.78 is 0. The van der Waals surface area contributed by atoms with Gasteiger partial charge >= 0.3 is 0 Å². The Morgan fingerprint density at radius 1 is 1.60 bits per heavy atom. The number of aryl methyl sites for hydroxylation is 1. The van der Waals surface area contributed by atoms with Crippen LogP contribution in [0.25, 0.3) is 0 Å². The molecule has 1 atom stereocenters. The topological polar surface area (TPSA) is 29.0 Å². The number of hydrogen-bond acceptors (Lipinski definition) is 3. The van der Waals surface area contributed by atoms with E-state index in [2.05, 4.69) is 30.8 Å². The Morgan fingerprint density at radius 2 is 2.47 bits per heavy atom. The number of halogens is 1. The van der Waals surface area contributed by atoms with E-state index < -0.39 is 0 Å². The molecule has 2 heterocycles. The van der Waals surface area contributed by atoms with Gasteiger partial charge in [-0.3, -0.25) is 0 Å². The molecule has 0 amide bonds. The Labute approximate surface area is 99.0 Å². The summed E-state index contributed by atoms with van der Waals surface area (Å²) in [6.45, 7) is 4.22. The zero-order valence-corrected chi connectivity index (χ0v) is 10.6. The van der Waals surface area contributed by atoms with E-state index in [9.17, 15) is 0 Å². The minimum Gasteiger partial charge on any atom is -0.341 e. The van der Waals surface area contributed by atoms with Crippen LogP contribution in [0, 0.1) is 12.8 Å². The molecule has 4 heteroatoms. The van der Waals surface area contributed by atoms with Gasteiger partial charge in [0.2, 0.25) is 5.95 Å². The number of hydrogen-bond donors (Lipinski definition) is 0. The van der Waals surface area contributed by atoms with Crippen molar-refractivity contribution in [2.75, 3.05) is 23.3 Å². The smallest absolute Gasteiger partial charge is 0.225 e. The van der Waals surface area contributed by atoms with E-state index in [1.807, 2.05) is 19.2 Å². The lowest BCUT2D eigenvalue weighted by atomic mass is 10.1. The molecule has 15 heavy (non-hydrogen) atoms. The van der Waals surface area contributed by atoms with Crippen LogP contribution >= 0.6 is 15.9 Å². The molecule has 0 spiro atoms. The van der Waals surface area contributed by atoms with Gasteiger partial charge in [0.05, 0.1) is 0 Å². The molecule has 1 unspecified atom stereocenters. The fourth-order valence-electron chi connectivity index (χ4n) is 1.99. The Morgan fingerprint density at radius 3 is 3.20 bits per heavy atom. The van der Waals surface area contributed by atoms with Gasteiger partial charge in [0, 0.05) is 30.3 Å². The third-order valence-electron chi connectivity index (χ3n) is 2.87. The Balaban J connectivity index is 2.01. The van der Waals surface area contributed by atoms with E-state index in [1.54, 1.807) is 0 Å². The van der Waals surface area contributed by atoms with Crippen molar-refractivity contribution in [2.45, 2.75) is 19.8 Å². The summed E-state index contributed by atoms with van der Waals surface area (Å²) in [5.41, 5.74) is 1.05. The van der Waals surface area contributed by atoms with Gasteiger partial charge < -0.3 is 4.90 Å². The molecule has 2 rings (SSSR count). The highest BCUT2D eigenvalue weighted by Crippen LogP contribution is 2.23. The summed E-state index contributed by atoms with van der Waals surface area (Å²) in [5.74, 6) is 1.69. The molecule has 1 aromatic rings. The number of nitrogens with zero attached hydrogens (tertiary/aromatic N) is 3. The van der Waals surface area contributed by atoms with Crippen LogP contribution in [-0.4, -0.2) is 28.4 Å². The zero-order chi connectivity index (χ0) is 10.7. The third-order valence-corrected chi connectivity index (χ3v) is 3.33. The molecule has 82 valence electrons. The van der Waals surface area contributed by atoms with Crippen LogP contribution in [0.3, 0.4) is 0 Å². The molecule has 1 aliphatic rings. The summed E-state index contributed by atoms with van der Waals surface area (Å²) in [5, 5.41) is 1.10. The second-order valence-corrected chi connectivity index (χ2v) is 4.87. The van der Waals surface area contributed by atoms with Crippen LogP contribution in [0.4, 0.5) is 5.95 Å². The Kier molecular flexibility index (Phi) is 3.57. The van der Waals surface area contributed by atoms with Crippen molar-refractivity contribution >= 4 is 21.9 Å². The number of rotatable bonds is 3. The summed E-state index contributed by atoms with van der Waals surface area (Å²) in [4.78, 5) is 11.1. The summed E-state index contributed by atoms with van der Waals surface area (Å²) in [6.07, 6.45) is 4.36. The van der Waals surface area contributed by atoms with Crippen molar-refractivity contribution in [3.63, 3.8) is 0 Å². The molecule has 1 aromatic heterocycles. The fourth-order valence-corrected chi connectivity index (χ4v) is 2.64. The van der Waals surface area contributed by atoms with Gasteiger partial charge in [-0.15, -0.1) is 0 Å². The van der Waals surface area contributed by atoms with E-state index in [0.717, 1.165) is 36.0 Å². The molecule has 1 aliphatic heterocycles. The van der Waals surface area contributed by atoms with Crippen LogP contribution in [0.15, 0.2) is 12.3 Å². The lowest BCUT2D eigenvalue weighted by Crippen LogP contribution is -2.22. The van der Waals surface area contributed by atoms with Crippen LogP contribution in [0.5, 0.6) is 0 Å². The molecule has 0 saturated carbocycles. The number of aromatic nitrogens is 2. The molecular formula is C11H16BrN3. The molecule has 0 bridgehead atoms. The normalized spacial score (nSPS) is 20.9. The monoisotopic (exact) mass is 269 g/mol. The van der Waals surface area contributed by atoms with Crippen LogP contribution < -0.4 is 4.90 Å². The van der Waals surface area contributed by atoms with E-state index in [0.29, 0.717) is 0 Å². The molecule has 0 radical (unpaired) electrons.